The fraction of sp³-hybridized carbons (Fsp3) is 1.00. The summed E-state index contributed by atoms with van der Waals surface area (Å²) in [5.41, 5.74) is 0. The molecule has 3 heteroatoms. The summed E-state index contributed by atoms with van der Waals surface area (Å²) in [7, 11) is 0.889. The molecular weight excluding hydrogens is 57.0 g/mol. The topological polar surface area (TPSA) is 43.1 Å². The van der Waals surface area contributed by atoms with Gasteiger partial charge in [0.1, 0.15) is 0 Å². The second-order valence-corrected chi connectivity index (χ2v) is 0.440. The van der Waals surface area contributed by atoms with Crippen LogP contribution < -0.4 is 0 Å². The van der Waals surface area contributed by atoms with Gasteiger partial charge in [0.05, 0.1) is 0 Å². The molecule has 0 unspecified atom stereocenters. The van der Waals surface area contributed by atoms with E-state index in [-0.39, 0.29) is 0 Å². The van der Waals surface area contributed by atoms with Crippen LogP contribution in [0.4, 0.5) is 0 Å². The number of hydrogen-bond donors (Lipinski definition) is 0. The molecular formula is CH3NO2. The first-order chi connectivity index (χ1) is 1.73. The number of hydrogen-bond acceptors (Lipinski definition) is 2. The van der Waals surface area contributed by atoms with Gasteiger partial charge in [0.2, 0.25) is 0 Å². The summed E-state index contributed by atoms with van der Waals surface area (Å²) in [5, 5.41) is 8.81. The van der Waals surface area contributed by atoms with Crippen LogP contribution in [-0.2, 0) is 0 Å². The first kappa shape index (κ1) is 3.40. The van der Waals surface area contributed by atoms with Crippen molar-refractivity contribution in [2.45, 2.75) is 0 Å². The lowest BCUT2D eigenvalue weighted by atomic mass is 10.7. The van der Waals surface area contributed by atoms with Crippen LogP contribution in [0.15, 0.2) is 0 Å². The fourth-order valence-corrected chi connectivity index (χ4v) is 0. The van der Waals surface area contributed by atoms with Crippen LogP contribution in [-0.4, -0.2) is 12.0 Å². The van der Waals surface area contributed by atoms with E-state index in [9.17, 15) is 0 Å². The van der Waals surface area contributed by atoms with E-state index >= 15 is 0 Å². The second-order valence-electron chi connectivity index (χ2n) is 0.440. The Balaban J connectivity index is 2.80. The number of nitro groups is 1. The van der Waals surface area contributed by atoms with Gasteiger partial charge in [-0.15, -0.1) is 0 Å². The lowest BCUT2D eigenvalue weighted by Gasteiger charge is -1.63. The molecule has 0 N–H and O–H groups in total. The molecule has 0 saturated heterocycles. The summed E-state index contributed by atoms with van der Waals surface area (Å²) < 4.78 is 0. The minimum atomic E-state index is -0.500. The van der Waals surface area contributed by atoms with Crippen LogP contribution in [0.3, 0.4) is 0 Å². The third kappa shape index (κ3) is 0.622. The Morgan fingerprint density at radius 1 is 2.00 bits per heavy atom. The maximum Gasteiger partial charge on any atom is 0.194 e. The quantitative estimate of drug-likeness (QED) is 0.289. The van der Waals surface area contributed by atoms with E-state index in [0.29, 0.717) is 0 Å². The van der Waals surface area contributed by atoms with E-state index in [1.54, 1.807) is 0 Å². The largest absolute Gasteiger partial charge is 0.265 e. The molecule has 0 saturated carbocycles. The Hall–Kier alpha value is -0.600. The Kier molecular flexibility index (Phi) is 0.694. The third-order valence-electron chi connectivity index (χ3n) is 0. The van der Waals surface area contributed by atoms with Crippen LogP contribution in [0, 0.1) is 10.1 Å². The molecule has 0 atom stereocenters. The van der Waals surface area contributed by atoms with Crippen molar-refractivity contribution in [2.24, 2.45) is 0 Å². The highest BCUT2D eigenvalue weighted by Crippen LogP contribution is 1.39. The predicted octanol–water partition coefficient (Wildman–Crippen LogP) is -0.107. The fourth-order valence-electron chi connectivity index (χ4n) is 0. The molecule has 4 heavy (non-hydrogen) atoms. The van der Waals surface area contributed by atoms with Crippen molar-refractivity contribution in [3.05, 3.63) is 10.1 Å². The van der Waals surface area contributed by atoms with E-state index in [2.05, 4.69) is 0 Å². The van der Waals surface area contributed by atoms with Crippen LogP contribution >= 0.6 is 0 Å². The standard InChI is InChI=1S/CH3NO2/c1-2(3)4/h1H3/i1-1. The van der Waals surface area contributed by atoms with E-state index in [0.717, 1.165) is 7.05 Å². The molecule has 0 aromatic carbocycles. The van der Waals surface area contributed by atoms with Crippen molar-refractivity contribution < 1.29 is 4.92 Å². The molecule has 0 radical (unpaired) electrons. The Bertz CT molecular complexity index is 29.0. The van der Waals surface area contributed by atoms with Gasteiger partial charge in [0.25, 0.3) is 0 Å². The minimum absolute atomic E-state index is 0.500. The van der Waals surface area contributed by atoms with E-state index in [1.807, 2.05) is 0 Å². The lowest BCUT2D eigenvalue weighted by Crippen LogP contribution is -1.79. The molecule has 0 spiro atoms. The zero-order chi connectivity index (χ0) is 3.58. The van der Waals surface area contributed by atoms with Gasteiger partial charge in [-0.2, -0.15) is 0 Å². The summed E-state index contributed by atoms with van der Waals surface area (Å²) in [6, 6.07) is 0. The molecule has 0 aliphatic carbocycles. The zero-order valence-corrected chi connectivity index (χ0v) is 2.26. The zero-order valence-electron chi connectivity index (χ0n) is 2.26. The summed E-state index contributed by atoms with van der Waals surface area (Å²) >= 11 is 0. The molecule has 0 rings (SSSR count). The van der Waals surface area contributed by atoms with Crippen LogP contribution in [0.25, 0.3) is 0 Å². The van der Waals surface area contributed by atoms with Crippen LogP contribution in [0.5, 0.6) is 0 Å². The summed E-state index contributed by atoms with van der Waals surface area (Å²) in [6.45, 7) is 0. The highest BCUT2D eigenvalue weighted by Gasteiger charge is 1.57. The molecule has 0 heterocycles. The Labute approximate surface area is 23.4 Å². The normalized spacial score (nSPS) is 6.25. The van der Waals surface area contributed by atoms with Crippen molar-refractivity contribution in [3.63, 3.8) is 0 Å². The molecule has 0 bridgehead atoms. The predicted molar refractivity (Wildman–Crippen MR) is 12.9 cm³/mol. The highest BCUT2D eigenvalue weighted by atomic mass is 16.6. The van der Waals surface area contributed by atoms with Crippen molar-refractivity contribution in [1.82, 2.24) is 0 Å². The minimum Gasteiger partial charge on any atom is -0.265 e. The van der Waals surface area contributed by atoms with Crippen molar-refractivity contribution >= 4 is 0 Å². The van der Waals surface area contributed by atoms with Crippen molar-refractivity contribution in [1.29, 1.82) is 0 Å². The Morgan fingerprint density at radius 3 is 2.00 bits per heavy atom. The molecule has 0 aromatic heterocycles. The molecule has 3 nitrogen and oxygen atoms in total. The van der Waals surface area contributed by atoms with Gasteiger partial charge in [-0.1, -0.05) is 0 Å². The average molecular weight is 60.0 g/mol. The van der Waals surface area contributed by atoms with Gasteiger partial charge >= 0.3 is 0 Å². The number of rotatable bonds is 0. The van der Waals surface area contributed by atoms with E-state index in [4.69, 9.17) is 10.1 Å². The van der Waals surface area contributed by atoms with E-state index < -0.39 is 4.92 Å². The first-order valence-electron chi connectivity index (χ1n) is 0.812. The summed E-state index contributed by atoms with van der Waals surface area (Å²) in [5.74, 6) is 0. The van der Waals surface area contributed by atoms with Gasteiger partial charge in [-0.3, -0.25) is 10.1 Å². The third-order valence-corrected chi connectivity index (χ3v) is 0. The second kappa shape index (κ2) is 0.817. The van der Waals surface area contributed by atoms with Crippen LogP contribution in [0.1, 0.15) is 0 Å². The molecule has 0 aromatic rings. The monoisotopic (exact) mass is 60.0 g/mol. The maximum absolute atomic E-state index is 8.81. The van der Waals surface area contributed by atoms with Crippen molar-refractivity contribution in [2.75, 3.05) is 7.05 Å². The molecule has 24 valence electrons. The summed E-state index contributed by atoms with van der Waals surface area (Å²) in [6.07, 6.45) is 0. The molecule has 0 aliphatic heterocycles. The van der Waals surface area contributed by atoms with Gasteiger partial charge in [0, 0.05) is 4.92 Å². The van der Waals surface area contributed by atoms with E-state index in [1.165, 1.54) is 0 Å². The molecule has 0 aliphatic rings. The first-order valence-corrected chi connectivity index (χ1v) is 0.812. The van der Waals surface area contributed by atoms with Crippen molar-refractivity contribution in [3.8, 4) is 0 Å². The SMILES string of the molecule is [11CH3][N+](=O)[O-]. The highest BCUT2D eigenvalue weighted by molar-refractivity contribution is 3.91. The smallest absolute Gasteiger partial charge is 0.194 e. The van der Waals surface area contributed by atoms with Crippen LogP contribution in [0.2, 0.25) is 0 Å². The summed E-state index contributed by atoms with van der Waals surface area (Å²) in [4.78, 5) is 8.31. The van der Waals surface area contributed by atoms with Gasteiger partial charge in [0.15, 0.2) is 7.05 Å². The number of nitrogens with zero attached hydrogens (tertiary/aromatic N) is 1. The lowest BCUT2D eigenvalue weighted by molar-refractivity contribution is -0.445. The molecule has 0 amide bonds. The Morgan fingerprint density at radius 2 is 2.00 bits per heavy atom. The van der Waals surface area contributed by atoms with Gasteiger partial charge < -0.3 is 0 Å². The molecule has 0 fully saturated rings. The maximum atomic E-state index is 8.81. The average Bonchev–Trinajstić information content (AvgIpc) is 0.811. The van der Waals surface area contributed by atoms with Gasteiger partial charge in [-0.25, -0.2) is 0 Å². The van der Waals surface area contributed by atoms with Gasteiger partial charge in [-0.05, 0) is 0 Å².